The van der Waals surface area contributed by atoms with Gasteiger partial charge in [0, 0.05) is 22.9 Å². The van der Waals surface area contributed by atoms with Gasteiger partial charge in [-0.05, 0) is 72.3 Å². The summed E-state index contributed by atoms with van der Waals surface area (Å²) in [6.45, 7) is 0. The molecule has 41 heavy (non-hydrogen) atoms. The number of carbonyl (C=O) groups is 3. The molecule has 0 aliphatic heterocycles. The monoisotopic (exact) mass is 547 g/mol. The number of rotatable bonds is 10. The zero-order valence-corrected chi connectivity index (χ0v) is 21.9. The molecule has 0 aliphatic carbocycles. The third-order valence-corrected chi connectivity index (χ3v) is 5.93. The van der Waals surface area contributed by atoms with Crippen LogP contribution in [0.2, 0.25) is 0 Å². The van der Waals surface area contributed by atoms with E-state index in [1.165, 1.54) is 30.4 Å². The minimum Gasteiger partial charge on any atom is -0.497 e. The molecule has 0 atom stereocenters. The highest BCUT2D eigenvalue weighted by Gasteiger charge is 2.18. The zero-order chi connectivity index (χ0) is 29.2. The first-order valence-electron chi connectivity index (χ1n) is 12.4. The molecule has 0 aromatic heterocycles. The van der Waals surface area contributed by atoms with E-state index in [4.69, 9.17) is 4.74 Å². The van der Waals surface area contributed by atoms with Gasteiger partial charge < -0.3 is 15.4 Å². The Morgan fingerprint density at radius 1 is 0.805 bits per heavy atom. The molecule has 0 aliphatic rings. The molecule has 2 amide bonds. The molecule has 0 saturated heterocycles. The van der Waals surface area contributed by atoms with Crippen molar-refractivity contribution in [1.82, 2.24) is 5.32 Å². The Bertz CT molecular complexity index is 1630. The molecular weight excluding hydrogens is 522 g/mol. The van der Waals surface area contributed by atoms with Crippen LogP contribution in [0.15, 0.2) is 115 Å². The number of ether oxygens (including phenoxy) is 1. The molecule has 9 heteroatoms. The number of hydrogen-bond acceptors (Lipinski definition) is 6. The maximum Gasteiger partial charge on any atom is 0.276 e. The number of benzene rings is 4. The van der Waals surface area contributed by atoms with Crippen LogP contribution in [0, 0.1) is 10.1 Å². The van der Waals surface area contributed by atoms with E-state index in [1.54, 1.807) is 86.0 Å². The average molecular weight is 548 g/mol. The molecule has 0 heterocycles. The number of nitrogens with zero attached hydrogens (tertiary/aromatic N) is 1. The molecule has 4 aromatic rings. The fourth-order valence-corrected chi connectivity index (χ4v) is 3.77. The smallest absolute Gasteiger partial charge is 0.276 e. The third kappa shape index (κ3) is 7.61. The summed E-state index contributed by atoms with van der Waals surface area (Å²) in [5.41, 5.74) is 1.61. The number of nitro groups is 1. The summed E-state index contributed by atoms with van der Waals surface area (Å²) in [5.74, 6) is -0.780. The topological polar surface area (TPSA) is 128 Å². The second-order valence-electron chi connectivity index (χ2n) is 8.70. The second kappa shape index (κ2) is 13.3. The van der Waals surface area contributed by atoms with Crippen molar-refractivity contribution < 1.29 is 24.0 Å². The molecule has 204 valence electrons. The number of allylic oxidation sites excluding steroid dienone is 1. The van der Waals surface area contributed by atoms with E-state index in [9.17, 15) is 24.5 Å². The fraction of sp³-hybridized carbons (Fsp3) is 0.0312. The highest BCUT2D eigenvalue weighted by molar-refractivity contribution is 6.11. The largest absolute Gasteiger partial charge is 0.497 e. The molecular formula is C32H25N3O6. The van der Waals surface area contributed by atoms with Crippen LogP contribution in [-0.2, 0) is 4.79 Å². The molecule has 4 aromatic carbocycles. The number of para-hydroxylation sites is 1. The van der Waals surface area contributed by atoms with Crippen LogP contribution in [0.1, 0.15) is 31.8 Å². The minimum atomic E-state index is -0.703. The predicted octanol–water partition coefficient (Wildman–Crippen LogP) is 5.91. The quantitative estimate of drug-likeness (QED) is 0.110. The lowest BCUT2D eigenvalue weighted by molar-refractivity contribution is -0.385. The first-order chi connectivity index (χ1) is 19.8. The zero-order valence-electron chi connectivity index (χ0n) is 21.9. The van der Waals surface area contributed by atoms with Crippen LogP contribution in [0.4, 0.5) is 11.4 Å². The van der Waals surface area contributed by atoms with E-state index in [2.05, 4.69) is 10.6 Å². The molecule has 0 saturated carbocycles. The van der Waals surface area contributed by atoms with Crippen LogP contribution in [0.25, 0.3) is 12.2 Å². The van der Waals surface area contributed by atoms with Crippen molar-refractivity contribution in [3.63, 3.8) is 0 Å². The summed E-state index contributed by atoms with van der Waals surface area (Å²) in [5, 5.41) is 16.7. The number of nitrogens with one attached hydrogen (secondary N) is 2. The average Bonchev–Trinajstić information content (AvgIpc) is 3.00. The molecule has 4 rings (SSSR count). The van der Waals surface area contributed by atoms with Gasteiger partial charge in [-0.3, -0.25) is 24.5 Å². The fourth-order valence-electron chi connectivity index (χ4n) is 3.77. The van der Waals surface area contributed by atoms with Gasteiger partial charge in [0.2, 0.25) is 0 Å². The van der Waals surface area contributed by atoms with E-state index in [-0.39, 0.29) is 22.7 Å². The van der Waals surface area contributed by atoms with Gasteiger partial charge in [-0.15, -0.1) is 0 Å². The summed E-state index contributed by atoms with van der Waals surface area (Å²) in [6.07, 6.45) is 4.38. The number of anilines is 1. The van der Waals surface area contributed by atoms with Gasteiger partial charge >= 0.3 is 0 Å². The SMILES string of the molecule is COc1ccc(/C=C/C(=O)c2ccc(NC(=O)/C(=C/c3ccccc3[N+](=O)[O-])NC(=O)c3ccccc3)cc2)cc1. The van der Waals surface area contributed by atoms with Crippen molar-refractivity contribution in [1.29, 1.82) is 0 Å². The van der Waals surface area contributed by atoms with E-state index < -0.39 is 16.7 Å². The van der Waals surface area contributed by atoms with Gasteiger partial charge in [-0.25, -0.2) is 0 Å². The summed E-state index contributed by atoms with van der Waals surface area (Å²) in [7, 11) is 1.58. The molecule has 0 bridgehead atoms. The number of methoxy groups -OCH3 is 1. The van der Waals surface area contributed by atoms with Crippen LogP contribution in [0.5, 0.6) is 5.75 Å². The van der Waals surface area contributed by atoms with Crippen molar-refractivity contribution in [2.24, 2.45) is 0 Å². The van der Waals surface area contributed by atoms with Gasteiger partial charge in [-0.2, -0.15) is 0 Å². The highest BCUT2D eigenvalue weighted by atomic mass is 16.6. The van der Waals surface area contributed by atoms with Crippen molar-refractivity contribution in [2.45, 2.75) is 0 Å². The second-order valence-corrected chi connectivity index (χ2v) is 8.70. The molecule has 0 unspecified atom stereocenters. The Balaban J connectivity index is 1.52. The van der Waals surface area contributed by atoms with Crippen molar-refractivity contribution in [3.8, 4) is 5.75 Å². The highest BCUT2D eigenvalue weighted by Crippen LogP contribution is 2.21. The van der Waals surface area contributed by atoms with E-state index in [0.717, 1.165) is 5.56 Å². The van der Waals surface area contributed by atoms with E-state index in [1.807, 2.05) is 12.1 Å². The number of ketones is 1. The number of nitro benzene ring substituents is 1. The molecule has 0 fully saturated rings. The Hall–Kier alpha value is -5.83. The summed E-state index contributed by atoms with van der Waals surface area (Å²) < 4.78 is 5.13. The Labute approximate surface area is 235 Å². The first kappa shape index (κ1) is 28.2. The number of amides is 2. The van der Waals surface area contributed by atoms with Gasteiger partial charge in [0.05, 0.1) is 17.6 Å². The summed E-state index contributed by atoms with van der Waals surface area (Å²) >= 11 is 0. The Morgan fingerprint density at radius 3 is 2.12 bits per heavy atom. The maximum atomic E-state index is 13.2. The molecule has 9 nitrogen and oxygen atoms in total. The molecule has 0 radical (unpaired) electrons. The van der Waals surface area contributed by atoms with Crippen molar-refractivity contribution in [2.75, 3.05) is 12.4 Å². The first-order valence-corrected chi connectivity index (χ1v) is 12.4. The Morgan fingerprint density at radius 2 is 1.46 bits per heavy atom. The summed E-state index contributed by atoms with van der Waals surface area (Å²) in [4.78, 5) is 49.6. The molecule has 0 spiro atoms. The number of carbonyl (C=O) groups excluding carboxylic acids is 3. The predicted molar refractivity (Wildman–Crippen MR) is 156 cm³/mol. The normalized spacial score (nSPS) is 11.1. The van der Waals surface area contributed by atoms with Gasteiger partial charge in [0.1, 0.15) is 11.4 Å². The van der Waals surface area contributed by atoms with E-state index >= 15 is 0 Å². The van der Waals surface area contributed by atoms with Crippen LogP contribution in [-0.4, -0.2) is 29.6 Å². The molecule has 2 N–H and O–H groups in total. The lowest BCUT2D eigenvalue weighted by Crippen LogP contribution is -2.30. The van der Waals surface area contributed by atoms with Gasteiger partial charge in [0.15, 0.2) is 5.78 Å². The number of hydrogen-bond donors (Lipinski definition) is 2. The van der Waals surface area contributed by atoms with Crippen molar-refractivity contribution in [3.05, 3.63) is 147 Å². The van der Waals surface area contributed by atoms with E-state index in [0.29, 0.717) is 22.6 Å². The van der Waals surface area contributed by atoms with Crippen LogP contribution in [0.3, 0.4) is 0 Å². The standard InChI is InChI=1S/C32H25N3O6/c1-41-27-18-11-22(12-19-27)13-20-30(36)23-14-16-26(17-15-23)33-32(38)28(34-31(37)24-7-3-2-4-8-24)21-25-9-5-6-10-29(25)35(39)40/h2-21H,1H3,(H,33,38)(H,34,37)/b20-13+,28-21-. The van der Waals surface area contributed by atoms with Gasteiger partial charge in [0.25, 0.3) is 17.5 Å². The van der Waals surface area contributed by atoms with Gasteiger partial charge in [-0.1, -0.05) is 48.5 Å². The van der Waals surface area contributed by atoms with Crippen LogP contribution < -0.4 is 15.4 Å². The Kier molecular flexibility index (Phi) is 9.14. The minimum absolute atomic E-state index is 0.139. The summed E-state index contributed by atoms with van der Waals surface area (Å²) in [6, 6.07) is 27.6. The lowest BCUT2D eigenvalue weighted by atomic mass is 10.1. The van der Waals surface area contributed by atoms with Crippen molar-refractivity contribution >= 4 is 41.1 Å². The third-order valence-electron chi connectivity index (χ3n) is 5.93. The maximum absolute atomic E-state index is 13.2. The lowest BCUT2D eigenvalue weighted by Gasteiger charge is -2.12. The van der Waals surface area contributed by atoms with Crippen LogP contribution >= 0.6 is 0 Å².